The van der Waals surface area contributed by atoms with Crippen LogP contribution >= 0.6 is 11.3 Å². The third-order valence-corrected chi connectivity index (χ3v) is 3.98. The molecule has 0 radical (unpaired) electrons. The average Bonchev–Trinajstić information content (AvgIpc) is 3.07. The third kappa shape index (κ3) is 3.59. The van der Waals surface area contributed by atoms with Gasteiger partial charge in [0.25, 0.3) is 0 Å². The summed E-state index contributed by atoms with van der Waals surface area (Å²) in [5.74, 6) is 0.677. The van der Waals surface area contributed by atoms with E-state index >= 15 is 0 Å². The molecule has 0 aromatic carbocycles. The first-order valence-electron chi connectivity index (χ1n) is 7.02. The topological polar surface area (TPSA) is 93.8 Å². The number of nitrogens with zero attached hydrogens (tertiary/aromatic N) is 5. The first kappa shape index (κ1) is 15.3. The van der Waals surface area contributed by atoms with Crippen LogP contribution in [-0.2, 0) is 17.8 Å². The van der Waals surface area contributed by atoms with Crippen molar-refractivity contribution in [2.75, 3.05) is 0 Å². The number of aromatic nitrogens is 5. The summed E-state index contributed by atoms with van der Waals surface area (Å²) < 4.78 is 1.38. The van der Waals surface area contributed by atoms with Gasteiger partial charge in [-0.05, 0) is 31.4 Å². The molecule has 0 fully saturated rings. The highest BCUT2D eigenvalue weighted by Crippen LogP contribution is 2.19. The van der Waals surface area contributed by atoms with E-state index in [4.69, 9.17) is 5.11 Å². The molecule has 3 heterocycles. The minimum Gasteiger partial charge on any atom is -0.480 e. The molecule has 0 spiro atoms. The third-order valence-electron chi connectivity index (χ3n) is 3.11. The molecule has 1 N–H and O–H groups in total. The molecular formula is C15H15N5O2S. The molecule has 0 unspecified atom stereocenters. The molecule has 0 saturated heterocycles. The zero-order valence-corrected chi connectivity index (χ0v) is 13.5. The zero-order valence-electron chi connectivity index (χ0n) is 12.7. The van der Waals surface area contributed by atoms with Crippen molar-refractivity contribution in [1.29, 1.82) is 0 Å². The van der Waals surface area contributed by atoms with Crippen LogP contribution in [0.5, 0.6) is 0 Å². The summed E-state index contributed by atoms with van der Waals surface area (Å²) in [4.78, 5) is 25.3. The fourth-order valence-corrected chi connectivity index (χ4v) is 2.99. The largest absolute Gasteiger partial charge is 0.480 e. The van der Waals surface area contributed by atoms with Crippen LogP contribution < -0.4 is 0 Å². The van der Waals surface area contributed by atoms with Gasteiger partial charge in [0, 0.05) is 17.0 Å². The van der Waals surface area contributed by atoms with Gasteiger partial charge in [-0.2, -0.15) is 5.10 Å². The smallest absolute Gasteiger partial charge is 0.325 e. The van der Waals surface area contributed by atoms with Crippen molar-refractivity contribution in [2.24, 2.45) is 0 Å². The first-order chi connectivity index (χ1) is 11.0. The Morgan fingerprint density at radius 3 is 2.78 bits per heavy atom. The molecule has 23 heavy (non-hydrogen) atoms. The molecule has 7 nitrogen and oxygen atoms in total. The average molecular weight is 329 g/mol. The second-order valence-corrected chi connectivity index (χ2v) is 6.13. The molecule has 0 aliphatic rings. The van der Waals surface area contributed by atoms with Crippen molar-refractivity contribution in [2.45, 2.75) is 26.8 Å². The lowest BCUT2D eigenvalue weighted by molar-refractivity contribution is -0.137. The second kappa shape index (κ2) is 6.25. The summed E-state index contributed by atoms with van der Waals surface area (Å²) in [6.07, 6.45) is 0.570. The van der Waals surface area contributed by atoms with Crippen molar-refractivity contribution in [3.8, 4) is 11.5 Å². The van der Waals surface area contributed by atoms with Crippen LogP contribution in [0.2, 0.25) is 0 Å². The SMILES string of the molecule is Cc1cc(-c2nc(Cc3cccs3)nn2CC(=O)O)nc(C)n1. The molecule has 0 amide bonds. The fraction of sp³-hybridized carbons (Fsp3) is 0.267. The van der Waals surface area contributed by atoms with Crippen molar-refractivity contribution in [1.82, 2.24) is 24.7 Å². The van der Waals surface area contributed by atoms with Crippen LogP contribution in [-0.4, -0.2) is 35.8 Å². The van der Waals surface area contributed by atoms with E-state index in [1.54, 1.807) is 24.3 Å². The summed E-state index contributed by atoms with van der Waals surface area (Å²) in [6.45, 7) is 3.40. The highest BCUT2D eigenvalue weighted by Gasteiger charge is 2.16. The highest BCUT2D eigenvalue weighted by molar-refractivity contribution is 7.09. The summed E-state index contributed by atoms with van der Waals surface area (Å²) in [5, 5.41) is 15.4. The number of hydrogen-bond donors (Lipinski definition) is 1. The van der Waals surface area contributed by atoms with Gasteiger partial charge in [-0.25, -0.2) is 19.6 Å². The Labute approximate surface area is 136 Å². The Hall–Kier alpha value is -2.61. The minimum atomic E-state index is -0.971. The Morgan fingerprint density at radius 2 is 2.13 bits per heavy atom. The van der Waals surface area contributed by atoms with E-state index in [2.05, 4.69) is 20.1 Å². The zero-order chi connectivity index (χ0) is 16.4. The number of carboxylic acid groups (broad SMARTS) is 1. The molecule has 0 bridgehead atoms. The maximum atomic E-state index is 11.1. The van der Waals surface area contributed by atoms with Crippen LogP contribution in [0.3, 0.4) is 0 Å². The van der Waals surface area contributed by atoms with Gasteiger partial charge in [-0.3, -0.25) is 4.79 Å². The van der Waals surface area contributed by atoms with Gasteiger partial charge in [0.15, 0.2) is 11.6 Å². The Kier molecular flexibility index (Phi) is 4.16. The quantitative estimate of drug-likeness (QED) is 0.770. The molecule has 3 aromatic rings. The molecule has 8 heteroatoms. The van der Waals surface area contributed by atoms with E-state index in [-0.39, 0.29) is 6.54 Å². The maximum absolute atomic E-state index is 11.1. The minimum absolute atomic E-state index is 0.255. The van der Waals surface area contributed by atoms with Crippen LogP contribution in [0.25, 0.3) is 11.5 Å². The van der Waals surface area contributed by atoms with Crippen molar-refractivity contribution in [3.05, 3.63) is 45.8 Å². The van der Waals surface area contributed by atoms with E-state index in [0.29, 0.717) is 29.6 Å². The fourth-order valence-electron chi connectivity index (χ4n) is 2.29. The number of carbonyl (C=O) groups is 1. The maximum Gasteiger partial charge on any atom is 0.325 e. The molecule has 0 aliphatic heterocycles. The summed E-state index contributed by atoms with van der Waals surface area (Å²) in [7, 11) is 0. The number of hydrogen-bond acceptors (Lipinski definition) is 6. The molecule has 118 valence electrons. The van der Waals surface area contributed by atoms with Crippen molar-refractivity contribution >= 4 is 17.3 Å². The highest BCUT2D eigenvalue weighted by atomic mass is 32.1. The van der Waals surface area contributed by atoms with Crippen LogP contribution in [0.4, 0.5) is 0 Å². The summed E-state index contributed by atoms with van der Waals surface area (Å²) in [6, 6.07) is 5.75. The first-order valence-corrected chi connectivity index (χ1v) is 7.90. The van der Waals surface area contributed by atoms with Crippen LogP contribution in [0.15, 0.2) is 23.6 Å². The molecule has 0 atom stereocenters. The van der Waals surface area contributed by atoms with Gasteiger partial charge >= 0.3 is 5.97 Å². The lowest BCUT2D eigenvalue weighted by atomic mass is 10.3. The molecule has 0 saturated carbocycles. The monoisotopic (exact) mass is 329 g/mol. The van der Waals surface area contributed by atoms with Crippen LogP contribution in [0, 0.1) is 13.8 Å². The van der Waals surface area contributed by atoms with Crippen LogP contribution in [0.1, 0.15) is 22.2 Å². The van der Waals surface area contributed by atoms with Gasteiger partial charge in [-0.1, -0.05) is 6.07 Å². The Balaban J connectivity index is 2.02. The van der Waals surface area contributed by atoms with Gasteiger partial charge in [0.2, 0.25) is 0 Å². The molecular weight excluding hydrogens is 314 g/mol. The van der Waals surface area contributed by atoms with E-state index in [1.807, 2.05) is 24.4 Å². The number of aryl methyl sites for hydroxylation is 2. The number of rotatable bonds is 5. The van der Waals surface area contributed by atoms with E-state index in [1.165, 1.54) is 4.68 Å². The predicted molar refractivity (Wildman–Crippen MR) is 85.3 cm³/mol. The molecule has 0 aliphatic carbocycles. The number of carboxylic acids is 1. The predicted octanol–water partition coefficient (Wildman–Crippen LogP) is 2.09. The molecule has 3 aromatic heterocycles. The Morgan fingerprint density at radius 1 is 1.30 bits per heavy atom. The van der Waals surface area contributed by atoms with Gasteiger partial charge in [0.1, 0.15) is 18.1 Å². The lowest BCUT2D eigenvalue weighted by Gasteiger charge is -2.04. The van der Waals surface area contributed by atoms with Crippen molar-refractivity contribution < 1.29 is 9.90 Å². The van der Waals surface area contributed by atoms with E-state index in [0.717, 1.165) is 10.6 Å². The number of aliphatic carboxylic acids is 1. The second-order valence-electron chi connectivity index (χ2n) is 5.10. The van der Waals surface area contributed by atoms with Crippen molar-refractivity contribution in [3.63, 3.8) is 0 Å². The van der Waals surface area contributed by atoms with Gasteiger partial charge in [0.05, 0.1) is 0 Å². The normalized spacial score (nSPS) is 10.9. The lowest BCUT2D eigenvalue weighted by Crippen LogP contribution is -2.12. The molecule has 3 rings (SSSR count). The standard InChI is InChI=1S/C15H15N5O2S/c1-9-6-12(17-10(2)16-9)15-18-13(7-11-4-3-5-23-11)19-20(15)8-14(21)22/h3-6H,7-8H2,1-2H3,(H,21,22). The van der Waals surface area contributed by atoms with E-state index < -0.39 is 5.97 Å². The summed E-state index contributed by atoms with van der Waals surface area (Å²) >= 11 is 1.62. The van der Waals surface area contributed by atoms with Gasteiger partial charge in [-0.15, -0.1) is 11.3 Å². The van der Waals surface area contributed by atoms with E-state index in [9.17, 15) is 4.79 Å². The van der Waals surface area contributed by atoms with Gasteiger partial charge < -0.3 is 5.11 Å². The number of thiophene rings is 1. The summed E-state index contributed by atoms with van der Waals surface area (Å²) in [5.41, 5.74) is 1.39. The Bertz CT molecular complexity index is 821.